The highest BCUT2D eigenvalue weighted by atomic mass is 16.5. The summed E-state index contributed by atoms with van der Waals surface area (Å²) in [5, 5.41) is 7.99. The zero-order valence-electron chi connectivity index (χ0n) is 14.7. The Morgan fingerprint density at radius 1 is 1.29 bits per heavy atom. The maximum Gasteiger partial charge on any atom is 0.225 e. The van der Waals surface area contributed by atoms with Crippen molar-refractivity contribution in [3.05, 3.63) is 28.7 Å². The summed E-state index contributed by atoms with van der Waals surface area (Å²) in [5.74, 6) is 2.30. The molecule has 24 heavy (non-hydrogen) atoms. The molecule has 130 valence electrons. The molecule has 0 aliphatic carbocycles. The Balaban J connectivity index is 1.65. The first kappa shape index (κ1) is 16.7. The molecule has 1 amide bonds. The third-order valence-corrected chi connectivity index (χ3v) is 4.75. The molecule has 2 aromatic heterocycles. The summed E-state index contributed by atoms with van der Waals surface area (Å²) >= 11 is 0. The van der Waals surface area contributed by atoms with Crippen LogP contribution in [0, 0.1) is 26.7 Å². The first-order chi connectivity index (χ1) is 11.5. The second-order valence-electron chi connectivity index (χ2n) is 6.70. The lowest BCUT2D eigenvalue weighted by molar-refractivity contribution is -0.136. The first-order valence-corrected chi connectivity index (χ1v) is 8.46. The van der Waals surface area contributed by atoms with Crippen LogP contribution in [0.5, 0.6) is 0 Å². The predicted octanol–water partition coefficient (Wildman–Crippen LogP) is 2.57. The van der Waals surface area contributed by atoms with E-state index in [1.165, 1.54) is 0 Å². The van der Waals surface area contributed by atoms with Gasteiger partial charge in [0.15, 0.2) is 5.82 Å². The first-order valence-electron chi connectivity index (χ1n) is 8.46. The molecular weight excluding hydrogens is 308 g/mol. The van der Waals surface area contributed by atoms with Crippen LogP contribution in [-0.4, -0.2) is 39.2 Å². The van der Waals surface area contributed by atoms with E-state index in [-0.39, 0.29) is 17.7 Å². The molecule has 0 N–H and O–H groups in total. The standard InChI is InChI=1S/C17H24N4O3/c1-10(8-15-11(2)19-23-12(15)3)17(22)21-7-5-6-14(9-21)16-18-13(4)24-20-16/h10,14H,5-9H2,1-4H3/t10-,14-/m1/s1. The average molecular weight is 332 g/mol. The number of aryl methyl sites for hydroxylation is 3. The van der Waals surface area contributed by atoms with Crippen molar-refractivity contribution >= 4 is 5.91 Å². The zero-order valence-corrected chi connectivity index (χ0v) is 14.7. The van der Waals surface area contributed by atoms with Crippen molar-refractivity contribution in [2.24, 2.45) is 5.92 Å². The molecule has 1 saturated heterocycles. The molecule has 1 fully saturated rings. The maximum absolute atomic E-state index is 12.8. The summed E-state index contributed by atoms with van der Waals surface area (Å²) in [6.07, 6.45) is 2.60. The van der Waals surface area contributed by atoms with Crippen LogP contribution in [0.15, 0.2) is 9.05 Å². The van der Waals surface area contributed by atoms with Gasteiger partial charge in [0.05, 0.1) is 5.69 Å². The summed E-state index contributed by atoms with van der Waals surface area (Å²) in [4.78, 5) is 19.1. The van der Waals surface area contributed by atoms with Gasteiger partial charge >= 0.3 is 0 Å². The van der Waals surface area contributed by atoms with Crippen LogP contribution in [0.4, 0.5) is 0 Å². The van der Waals surface area contributed by atoms with E-state index < -0.39 is 0 Å². The molecule has 0 unspecified atom stereocenters. The predicted molar refractivity (Wildman–Crippen MR) is 86.4 cm³/mol. The highest BCUT2D eigenvalue weighted by molar-refractivity contribution is 5.79. The van der Waals surface area contributed by atoms with Gasteiger partial charge in [0, 0.05) is 37.4 Å². The molecule has 1 aliphatic heterocycles. The normalized spacial score (nSPS) is 19.5. The van der Waals surface area contributed by atoms with Crippen molar-refractivity contribution < 1.29 is 13.8 Å². The minimum absolute atomic E-state index is 0.104. The molecule has 0 spiro atoms. The molecule has 7 nitrogen and oxygen atoms in total. The van der Waals surface area contributed by atoms with Crippen molar-refractivity contribution in [2.45, 2.75) is 52.9 Å². The summed E-state index contributed by atoms with van der Waals surface area (Å²) in [6, 6.07) is 0. The van der Waals surface area contributed by atoms with E-state index in [1.807, 2.05) is 25.7 Å². The Morgan fingerprint density at radius 3 is 2.71 bits per heavy atom. The Bertz CT molecular complexity index is 702. The summed E-state index contributed by atoms with van der Waals surface area (Å²) in [6.45, 7) is 9.01. The number of likely N-dealkylation sites (tertiary alicyclic amines) is 1. The van der Waals surface area contributed by atoms with Crippen molar-refractivity contribution in [3.63, 3.8) is 0 Å². The summed E-state index contributed by atoms with van der Waals surface area (Å²) in [7, 11) is 0. The number of hydrogen-bond donors (Lipinski definition) is 0. The lowest BCUT2D eigenvalue weighted by Crippen LogP contribution is -2.42. The average Bonchev–Trinajstić information content (AvgIpc) is 3.15. The Kier molecular flexibility index (Phi) is 4.69. The highest BCUT2D eigenvalue weighted by Gasteiger charge is 2.30. The van der Waals surface area contributed by atoms with Crippen molar-refractivity contribution in [3.8, 4) is 0 Å². The van der Waals surface area contributed by atoms with Gasteiger partial charge in [-0.15, -0.1) is 0 Å². The second kappa shape index (κ2) is 6.75. The molecule has 2 atom stereocenters. The maximum atomic E-state index is 12.8. The van der Waals surface area contributed by atoms with Gasteiger partial charge in [0.1, 0.15) is 5.76 Å². The molecule has 7 heteroatoms. The highest BCUT2D eigenvalue weighted by Crippen LogP contribution is 2.27. The number of nitrogens with zero attached hydrogens (tertiary/aromatic N) is 4. The van der Waals surface area contributed by atoms with E-state index >= 15 is 0 Å². The zero-order chi connectivity index (χ0) is 17.3. The topological polar surface area (TPSA) is 85.3 Å². The fourth-order valence-electron chi connectivity index (χ4n) is 3.37. The fourth-order valence-corrected chi connectivity index (χ4v) is 3.37. The molecule has 2 aromatic rings. The molecule has 0 radical (unpaired) electrons. The lowest BCUT2D eigenvalue weighted by Gasteiger charge is -2.33. The van der Waals surface area contributed by atoms with Crippen LogP contribution < -0.4 is 0 Å². The summed E-state index contributed by atoms with van der Waals surface area (Å²) in [5.41, 5.74) is 1.91. The van der Waals surface area contributed by atoms with E-state index in [4.69, 9.17) is 9.05 Å². The molecule has 3 rings (SSSR count). The minimum Gasteiger partial charge on any atom is -0.361 e. The number of hydrogen-bond acceptors (Lipinski definition) is 6. The van der Waals surface area contributed by atoms with E-state index in [2.05, 4.69) is 15.3 Å². The Hall–Kier alpha value is -2.18. The van der Waals surface area contributed by atoms with Crippen molar-refractivity contribution in [1.82, 2.24) is 20.2 Å². The number of carbonyl (C=O) groups excluding carboxylic acids is 1. The Morgan fingerprint density at radius 2 is 2.08 bits per heavy atom. The molecule has 0 bridgehead atoms. The van der Waals surface area contributed by atoms with E-state index in [1.54, 1.807) is 6.92 Å². The summed E-state index contributed by atoms with van der Waals surface area (Å²) < 4.78 is 10.3. The van der Waals surface area contributed by atoms with Gasteiger partial charge in [0.25, 0.3) is 0 Å². The fraction of sp³-hybridized carbons (Fsp3) is 0.647. The number of carbonyl (C=O) groups is 1. The van der Waals surface area contributed by atoms with Gasteiger partial charge in [-0.3, -0.25) is 4.79 Å². The van der Waals surface area contributed by atoms with Crippen molar-refractivity contribution in [2.75, 3.05) is 13.1 Å². The largest absolute Gasteiger partial charge is 0.361 e. The third kappa shape index (κ3) is 3.34. The minimum atomic E-state index is -0.104. The Labute approximate surface area is 141 Å². The van der Waals surface area contributed by atoms with Crippen LogP contribution in [0.1, 0.15) is 54.4 Å². The molecule has 0 aromatic carbocycles. The quantitative estimate of drug-likeness (QED) is 0.855. The molecule has 3 heterocycles. The van der Waals surface area contributed by atoms with Gasteiger partial charge < -0.3 is 13.9 Å². The van der Waals surface area contributed by atoms with Crippen molar-refractivity contribution in [1.29, 1.82) is 0 Å². The van der Waals surface area contributed by atoms with Gasteiger partial charge in [-0.25, -0.2) is 0 Å². The van der Waals surface area contributed by atoms with E-state index in [0.717, 1.165) is 36.4 Å². The molecular formula is C17H24N4O3. The monoisotopic (exact) mass is 332 g/mol. The van der Waals surface area contributed by atoms with Crippen LogP contribution in [0.25, 0.3) is 0 Å². The van der Waals surface area contributed by atoms with Crippen LogP contribution in [0.2, 0.25) is 0 Å². The number of aromatic nitrogens is 3. The van der Waals surface area contributed by atoms with Gasteiger partial charge in [0.2, 0.25) is 11.8 Å². The number of amides is 1. The molecule has 1 aliphatic rings. The number of rotatable bonds is 4. The van der Waals surface area contributed by atoms with Crippen LogP contribution >= 0.6 is 0 Å². The van der Waals surface area contributed by atoms with Gasteiger partial charge in [-0.2, -0.15) is 4.98 Å². The molecule has 0 saturated carbocycles. The lowest BCUT2D eigenvalue weighted by atomic mass is 9.94. The smallest absolute Gasteiger partial charge is 0.225 e. The van der Waals surface area contributed by atoms with Crippen LogP contribution in [0.3, 0.4) is 0 Å². The third-order valence-electron chi connectivity index (χ3n) is 4.75. The SMILES string of the molecule is Cc1nc([C@@H]2CCCN(C(=O)[C@H](C)Cc3c(C)noc3C)C2)no1. The van der Waals surface area contributed by atoms with Gasteiger partial charge in [-0.05, 0) is 33.1 Å². The van der Waals surface area contributed by atoms with Crippen LogP contribution in [-0.2, 0) is 11.2 Å². The second-order valence-corrected chi connectivity index (χ2v) is 6.70. The van der Waals surface area contributed by atoms with Gasteiger partial charge in [-0.1, -0.05) is 17.2 Å². The van der Waals surface area contributed by atoms with E-state index in [9.17, 15) is 4.79 Å². The van der Waals surface area contributed by atoms with E-state index in [0.29, 0.717) is 24.7 Å². The number of piperidine rings is 1.